The Morgan fingerprint density at radius 3 is 2.77 bits per heavy atom. The maximum absolute atomic E-state index is 13.1. The molecule has 0 unspecified atom stereocenters. The van der Waals surface area contributed by atoms with Crippen molar-refractivity contribution in [3.8, 4) is 0 Å². The van der Waals surface area contributed by atoms with E-state index < -0.39 is 0 Å². The molecule has 0 aliphatic heterocycles. The molecule has 0 heterocycles. The number of aliphatic imine (C=N–C) groups is 1. The van der Waals surface area contributed by atoms with Crippen LogP contribution in [0, 0.1) is 12.7 Å². The van der Waals surface area contributed by atoms with E-state index in [-0.39, 0.29) is 5.82 Å². The van der Waals surface area contributed by atoms with Gasteiger partial charge >= 0.3 is 0 Å². The van der Waals surface area contributed by atoms with Crippen LogP contribution in [0.5, 0.6) is 0 Å². The molecule has 0 atom stereocenters. The van der Waals surface area contributed by atoms with Gasteiger partial charge in [-0.1, -0.05) is 6.92 Å². The highest BCUT2D eigenvalue weighted by Gasteiger charge is 2.05. The third-order valence-corrected chi connectivity index (χ3v) is 2.64. The molecule has 0 radical (unpaired) electrons. The second-order valence-corrected chi connectivity index (χ2v) is 3.97. The molecule has 0 N–H and O–H groups in total. The predicted molar refractivity (Wildman–Crippen MR) is 56.7 cm³/mol. The lowest BCUT2D eigenvalue weighted by atomic mass is 10.2. The third-order valence-electron chi connectivity index (χ3n) is 1.71. The van der Waals surface area contributed by atoms with Crippen molar-refractivity contribution >= 4 is 24.2 Å². The van der Waals surface area contributed by atoms with Gasteiger partial charge in [0.1, 0.15) is 5.82 Å². The molecular weight excluding hydrogens is 185 g/mol. The van der Waals surface area contributed by atoms with Crippen LogP contribution in [0.25, 0.3) is 0 Å². The molecule has 0 saturated heterocycles. The zero-order valence-electron chi connectivity index (χ0n) is 7.80. The molecule has 0 amide bonds. The zero-order chi connectivity index (χ0) is 9.84. The molecule has 70 valence electrons. The second-order valence-electron chi connectivity index (χ2n) is 2.66. The molecule has 13 heavy (non-hydrogen) atoms. The van der Waals surface area contributed by atoms with Crippen molar-refractivity contribution in [1.29, 1.82) is 0 Å². The number of rotatable bonds is 3. The number of benzene rings is 1. The summed E-state index contributed by atoms with van der Waals surface area (Å²) in [4.78, 5) is 4.72. The topological polar surface area (TPSA) is 12.4 Å². The van der Waals surface area contributed by atoms with E-state index >= 15 is 0 Å². The normalized spacial score (nSPS) is 10.1. The summed E-state index contributed by atoms with van der Waals surface area (Å²) in [5, 5.41) is 0. The fourth-order valence-corrected chi connectivity index (χ4v) is 1.81. The Morgan fingerprint density at radius 1 is 1.54 bits per heavy atom. The molecule has 1 rings (SSSR count). The van der Waals surface area contributed by atoms with Crippen LogP contribution in [0.1, 0.15) is 12.5 Å². The van der Waals surface area contributed by atoms with Gasteiger partial charge in [-0.05, 0) is 37.1 Å². The molecule has 0 bridgehead atoms. The molecule has 3 heteroatoms. The molecule has 1 nitrogen and oxygen atoms in total. The first-order valence-electron chi connectivity index (χ1n) is 4.08. The van der Waals surface area contributed by atoms with E-state index in [0.717, 1.165) is 16.3 Å². The van der Waals surface area contributed by atoms with Gasteiger partial charge in [0.05, 0.1) is 5.69 Å². The van der Waals surface area contributed by atoms with Crippen molar-refractivity contribution in [2.24, 2.45) is 4.99 Å². The largest absolute Gasteiger partial charge is 0.263 e. The van der Waals surface area contributed by atoms with Gasteiger partial charge in [-0.25, -0.2) is 4.39 Å². The van der Waals surface area contributed by atoms with Crippen LogP contribution in [0.2, 0.25) is 0 Å². The van der Waals surface area contributed by atoms with Gasteiger partial charge in [-0.3, -0.25) is 4.99 Å². The lowest BCUT2D eigenvalue weighted by molar-refractivity contribution is 0.615. The minimum absolute atomic E-state index is 0.177. The van der Waals surface area contributed by atoms with Crippen molar-refractivity contribution in [3.63, 3.8) is 0 Å². The Balaban J connectivity index is 3.16. The Bertz CT molecular complexity index is 323. The molecule has 0 saturated carbocycles. The van der Waals surface area contributed by atoms with Crippen LogP contribution in [0.3, 0.4) is 0 Å². The lowest BCUT2D eigenvalue weighted by Gasteiger charge is -2.05. The molecule has 0 spiro atoms. The smallest absolute Gasteiger partial charge is 0.127 e. The van der Waals surface area contributed by atoms with Gasteiger partial charge in [0.15, 0.2) is 0 Å². The summed E-state index contributed by atoms with van der Waals surface area (Å²) >= 11 is 1.58. The standard InChI is InChI=1S/C10H12FNS/c1-4-13-10-6-8(11)7(2)5-9(10)12-3/h5-6H,3-4H2,1-2H3. The van der Waals surface area contributed by atoms with Crippen molar-refractivity contribution in [1.82, 2.24) is 0 Å². The number of aryl methyl sites for hydroxylation is 1. The second kappa shape index (κ2) is 4.42. The number of halogens is 1. The summed E-state index contributed by atoms with van der Waals surface area (Å²) < 4.78 is 13.1. The highest BCUT2D eigenvalue weighted by atomic mass is 32.2. The minimum atomic E-state index is -0.177. The van der Waals surface area contributed by atoms with E-state index in [1.165, 1.54) is 6.07 Å². The number of hydrogen-bond donors (Lipinski definition) is 0. The lowest BCUT2D eigenvalue weighted by Crippen LogP contribution is -1.84. The number of hydrogen-bond acceptors (Lipinski definition) is 2. The van der Waals surface area contributed by atoms with E-state index in [0.29, 0.717) is 5.56 Å². The van der Waals surface area contributed by atoms with E-state index in [9.17, 15) is 4.39 Å². The fraction of sp³-hybridized carbons (Fsp3) is 0.300. The summed E-state index contributed by atoms with van der Waals surface area (Å²) in [7, 11) is 0. The van der Waals surface area contributed by atoms with Crippen molar-refractivity contribution in [2.45, 2.75) is 18.7 Å². The van der Waals surface area contributed by atoms with Crippen LogP contribution in [-0.4, -0.2) is 12.5 Å². The monoisotopic (exact) mass is 197 g/mol. The highest BCUT2D eigenvalue weighted by Crippen LogP contribution is 2.31. The van der Waals surface area contributed by atoms with Crippen LogP contribution in [-0.2, 0) is 0 Å². The minimum Gasteiger partial charge on any atom is -0.263 e. The van der Waals surface area contributed by atoms with E-state index in [2.05, 4.69) is 11.7 Å². The summed E-state index contributed by atoms with van der Waals surface area (Å²) in [6.07, 6.45) is 0. The first-order valence-corrected chi connectivity index (χ1v) is 5.07. The summed E-state index contributed by atoms with van der Waals surface area (Å²) in [5.41, 5.74) is 1.38. The average molecular weight is 197 g/mol. The molecule has 0 fully saturated rings. The van der Waals surface area contributed by atoms with Gasteiger partial charge in [0, 0.05) is 4.90 Å². The third kappa shape index (κ3) is 2.31. The predicted octanol–water partition coefficient (Wildman–Crippen LogP) is 3.58. The quantitative estimate of drug-likeness (QED) is 0.533. The van der Waals surface area contributed by atoms with E-state index in [1.54, 1.807) is 24.8 Å². The maximum Gasteiger partial charge on any atom is 0.127 e. The molecule has 0 aromatic heterocycles. The Morgan fingerprint density at radius 2 is 2.23 bits per heavy atom. The number of thioether (sulfide) groups is 1. The summed E-state index contributed by atoms with van der Waals surface area (Å²) in [6, 6.07) is 3.24. The van der Waals surface area contributed by atoms with Gasteiger partial charge < -0.3 is 0 Å². The van der Waals surface area contributed by atoms with Crippen LogP contribution >= 0.6 is 11.8 Å². The first kappa shape index (κ1) is 10.3. The maximum atomic E-state index is 13.1. The molecule has 1 aromatic rings. The Kier molecular flexibility index (Phi) is 3.48. The highest BCUT2D eigenvalue weighted by molar-refractivity contribution is 7.99. The van der Waals surface area contributed by atoms with Crippen LogP contribution in [0.15, 0.2) is 22.0 Å². The van der Waals surface area contributed by atoms with Gasteiger partial charge in [0.2, 0.25) is 0 Å². The molecule has 1 aromatic carbocycles. The van der Waals surface area contributed by atoms with Gasteiger partial charge in [-0.15, -0.1) is 11.8 Å². The van der Waals surface area contributed by atoms with E-state index in [1.807, 2.05) is 6.92 Å². The molecule has 0 aliphatic rings. The Labute approximate surface area is 82.1 Å². The van der Waals surface area contributed by atoms with Crippen LogP contribution < -0.4 is 0 Å². The number of nitrogens with zero attached hydrogens (tertiary/aromatic N) is 1. The van der Waals surface area contributed by atoms with Crippen molar-refractivity contribution < 1.29 is 4.39 Å². The molecule has 0 aliphatic carbocycles. The van der Waals surface area contributed by atoms with Crippen LogP contribution in [0.4, 0.5) is 10.1 Å². The first-order chi connectivity index (χ1) is 6.19. The van der Waals surface area contributed by atoms with Gasteiger partial charge in [-0.2, -0.15) is 0 Å². The summed E-state index contributed by atoms with van der Waals surface area (Å²) in [5.74, 6) is 0.730. The molecular formula is C10H12FNS. The van der Waals surface area contributed by atoms with E-state index in [4.69, 9.17) is 0 Å². The fourth-order valence-electron chi connectivity index (χ4n) is 1.04. The summed E-state index contributed by atoms with van der Waals surface area (Å²) in [6.45, 7) is 7.21. The Hall–Kier alpha value is -0.830. The van der Waals surface area contributed by atoms with Gasteiger partial charge in [0.25, 0.3) is 0 Å². The zero-order valence-corrected chi connectivity index (χ0v) is 8.62. The average Bonchev–Trinajstić information content (AvgIpc) is 2.11. The van der Waals surface area contributed by atoms with Crippen molar-refractivity contribution in [3.05, 3.63) is 23.5 Å². The SMILES string of the molecule is C=Nc1cc(C)c(F)cc1SCC. The van der Waals surface area contributed by atoms with Crippen molar-refractivity contribution in [2.75, 3.05) is 5.75 Å².